The number of nitrogens with zero attached hydrogens (tertiary/aromatic N) is 1. The zero-order valence-corrected chi connectivity index (χ0v) is 10.6. The fourth-order valence-electron chi connectivity index (χ4n) is 2.29. The highest BCUT2D eigenvalue weighted by molar-refractivity contribution is 5.14. The van der Waals surface area contributed by atoms with E-state index in [2.05, 4.69) is 66.3 Å². The molecule has 2 rings (SSSR count). The van der Waals surface area contributed by atoms with Gasteiger partial charge in [-0.05, 0) is 24.3 Å². The van der Waals surface area contributed by atoms with Crippen molar-refractivity contribution in [1.29, 1.82) is 0 Å². The topological polar surface area (TPSA) is 19.7 Å². The number of aryl methyl sites for hydroxylation is 1. The molecule has 0 saturated heterocycles. The van der Waals surface area contributed by atoms with Crippen molar-refractivity contribution in [1.82, 2.24) is 4.98 Å². The molecule has 1 atom stereocenters. The molecule has 1 heterocycles. The van der Waals surface area contributed by atoms with Crippen LogP contribution < -0.4 is 4.57 Å². The molecule has 0 saturated carbocycles. The number of hydrogen-bond donors (Lipinski definition) is 1. The molecule has 1 aromatic carbocycles. The Balaban J connectivity index is 2.00. The van der Waals surface area contributed by atoms with Crippen LogP contribution in [0.25, 0.3) is 0 Å². The Kier molecular flexibility index (Phi) is 3.97. The van der Waals surface area contributed by atoms with E-state index in [1.165, 1.54) is 12.0 Å². The van der Waals surface area contributed by atoms with Crippen LogP contribution in [-0.4, -0.2) is 4.98 Å². The fraction of sp³-hybridized carbons (Fsp3) is 0.400. The van der Waals surface area contributed by atoms with Gasteiger partial charge in [-0.2, -0.15) is 0 Å². The summed E-state index contributed by atoms with van der Waals surface area (Å²) in [7, 11) is 0. The zero-order valence-electron chi connectivity index (χ0n) is 10.6. The lowest BCUT2D eigenvalue weighted by Crippen LogP contribution is -2.40. The molecular formula is C15H21N2+. The van der Waals surface area contributed by atoms with Gasteiger partial charge in [0.2, 0.25) is 6.33 Å². The minimum Gasteiger partial charge on any atom is -0.250 e. The summed E-state index contributed by atoms with van der Waals surface area (Å²) >= 11 is 0. The van der Waals surface area contributed by atoms with Gasteiger partial charge >= 0.3 is 0 Å². The average Bonchev–Trinajstić information content (AvgIpc) is 2.84. The largest absolute Gasteiger partial charge is 0.250 e. The van der Waals surface area contributed by atoms with E-state index in [1.54, 1.807) is 0 Å². The molecule has 1 unspecified atom stereocenters. The van der Waals surface area contributed by atoms with Gasteiger partial charge < -0.3 is 0 Å². The van der Waals surface area contributed by atoms with Crippen molar-refractivity contribution in [2.75, 3.05) is 0 Å². The summed E-state index contributed by atoms with van der Waals surface area (Å²) in [6, 6.07) is 11.3. The lowest BCUT2D eigenvalue weighted by atomic mass is 9.96. The number of nitrogens with one attached hydrogen (secondary N) is 1. The normalized spacial score (nSPS) is 12.9. The van der Waals surface area contributed by atoms with E-state index in [0.29, 0.717) is 12.0 Å². The number of benzene rings is 1. The molecule has 0 aliphatic heterocycles. The highest BCUT2D eigenvalue weighted by atomic mass is 15.1. The summed E-state index contributed by atoms with van der Waals surface area (Å²) in [5.41, 5.74) is 1.43. The smallest absolute Gasteiger partial charge is 0.241 e. The molecule has 0 amide bonds. The molecule has 0 spiro atoms. The van der Waals surface area contributed by atoms with E-state index in [-0.39, 0.29) is 0 Å². The van der Waals surface area contributed by atoms with E-state index in [9.17, 15) is 0 Å². The Hall–Kier alpha value is -1.57. The van der Waals surface area contributed by atoms with E-state index >= 15 is 0 Å². The molecule has 90 valence electrons. The van der Waals surface area contributed by atoms with Crippen molar-refractivity contribution in [3.8, 4) is 0 Å². The molecule has 0 radical (unpaired) electrons. The summed E-state index contributed by atoms with van der Waals surface area (Å²) in [6.45, 7) is 4.57. The van der Waals surface area contributed by atoms with Gasteiger partial charge in [0, 0.05) is 0 Å². The molecule has 17 heavy (non-hydrogen) atoms. The number of aromatic amines is 1. The first kappa shape index (κ1) is 11.9. The lowest BCUT2D eigenvalue weighted by molar-refractivity contribution is -0.728. The van der Waals surface area contributed by atoms with Crippen LogP contribution in [0.15, 0.2) is 49.1 Å². The SMILES string of the molecule is CC(C)C(CCc1ccccc1)[n+]1cc[nH]c1. The summed E-state index contributed by atoms with van der Waals surface area (Å²) in [4.78, 5) is 3.13. The molecule has 2 nitrogen and oxygen atoms in total. The van der Waals surface area contributed by atoms with Gasteiger partial charge in [-0.1, -0.05) is 44.2 Å². The molecule has 0 aliphatic carbocycles. The molecule has 2 heteroatoms. The van der Waals surface area contributed by atoms with Crippen molar-refractivity contribution in [2.45, 2.75) is 32.7 Å². The van der Waals surface area contributed by atoms with Gasteiger partial charge in [0.25, 0.3) is 0 Å². The maximum atomic E-state index is 3.13. The van der Waals surface area contributed by atoms with Crippen LogP contribution in [0, 0.1) is 5.92 Å². The van der Waals surface area contributed by atoms with Gasteiger partial charge in [0.05, 0.1) is 0 Å². The van der Waals surface area contributed by atoms with Gasteiger partial charge in [0.1, 0.15) is 18.4 Å². The summed E-state index contributed by atoms with van der Waals surface area (Å²) in [5, 5.41) is 0. The van der Waals surface area contributed by atoms with E-state index in [0.717, 1.165) is 6.42 Å². The summed E-state index contributed by atoms with van der Waals surface area (Å²) in [6.07, 6.45) is 8.48. The van der Waals surface area contributed by atoms with E-state index in [1.807, 2.05) is 6.20 Å². The zero-order chi connectivity index (χ0) is 12.1. The Morgan fingerprint density at radius 2 is 1.94 bits per heavy atom. The van der Waals surface area contributed by atoms with E-state index in [4.69, 9.17) is 0 Å². The Bertz CT molecular complexity index is 417. The molecule has 0 bridgehead atoms. The van der Waals surface area contributed by atoms with Crippen molar-refractivity contribution in [3.63, 3.8) is 0 Å². The third kappa shape index (κ3) is 3.19. The quantitative estimate of drug-likeness (QED) is 0.760. The van der Waals surface area contributed by atoms with Gasteiger partial charge in [0.15, 0.2) is 0 Å². The second-order valence-electron chi connectivity index (χ2n) is 4.89. The minimum absolute atomic E-state index is 0.571. The van der Waals surface area contributed by atoms with Crippen molar-refractivity contribution in [3.05, 3.63) is 54.6 Å². The Morgan fingerprint density at radius 3 is 2.53 bits per heavy atom. The molecule has 2 aromatic rings. The number of rotatable bonds is 5. The first-order valence-electron chi connectivity index (χ1n) is 6.35. The Morgan fingerprint density at radius 1 is 1.18 bits per heavy atom. The van der Waals surface area contributed by atoms with Gasteiger partial charge in [-0.3, -0.25) is 4.98 Å². The maximum Gasteiger partial charge on any atom is 0.241 e. The molecular weight excluding hydrogens is 208 g/mol. The standard InChI is InChI=1S/C15H20N2/c1-13(2)15(17-11-10-16-12-17)9-8-14-6-4-3-5-7-14/h3-7,10-13,15H,8-9H2,1-2H3/p+1. The first-order valence-corrected chi connectivity index (χ1v) is 6.35. The fourth-order valence-corrected chi connectivity index (χ4v) is 2.29. The highest BCUT2D eigenvalue weighted by Gasteiger charge is 2.19. The van der Waals surface area contributed by atoms with Crippen LogP contribution in [0.4, 0.5) is 0 Å². The predicted molar refractivity (Wildman–Crippen MR) is 69.6 cm³/mol. The molecule has 0 fully saturated rings. The van der Waals surface area contributed by atoms with Crippen molar-refractivity contribution >= 4 is 0 Å². The lowest BCUT2D eigenvalue weighted by Gasteiger charge is -2.17. The monoisotopic (exact) mass is 229 g/mol. The van der Waals surface area contributed by atoms with Crippen LogP contribution in [-0.2, 0) is 6.42 Å². The van der Waals surface area contributed by atoms with Crippen LogP contribution >= 0.6 is 0 Å². The van der Waals surface area contributed by atoms with E-state index < -0.39 is 0 Å². The third-order valence-corrected chi connectivity index (χ3v) is 3.29. The second-order valence-corrected chi connectivity index (χ2v) is 4.89. The van der Waals surface area contributed by atoms with Crippen LogP contribution in [0.3, 0.4) is 0 Å². The average molecular weight is 229 g/mol. The van der Waals surface area contributed by atoms with Crippen molar-refractivity contribution < 1.29 is 4.57 Å². The summed E-state index contributed by atoms with van der Waals surface area (Å²) in [5.74, 6) is 0.652. The third-order valence-electron chi connectivity index (χ3n) is 3.29. The van der Waals surface area contributed by atoms with Crippen LogP contribution in [0.2, 0.25) is 0 Å². The predicted octanol–water partition coefficient (Wildman–Crippen LogP) is 3.13. The Labute approximate surface area is 103 Å². The second kappa shape index (κ2) is 5.67. The number of H-pyrrole nitrogens is 1. The number of imidazole rings is 1. The minimum atomic E-state index is 0.571. The molecule has 1 N–H and O–H groups in total. The van der Waals surface area contributed by atoms with Crippen LogP contribution in [0.1, 0.15) is 31.9 Å². The molecule has 1 aromatic heterocycles. The summed E-state index contributed by atoms with van der Waals surface area (Å²) < 4.78 is 2.29. The van der Waals surface area contributed by atoms with Gasteiger partial charge in [-0.25, -0.2) is 4.57 Å². The maximum absolute atomic E-state index is 3.13. The number of hydrogen-bond acceptors (Lipinski definition) is 0. The molecule has 0 aliphatic rings. The first-order chi connectivity index (χ1) is 8.27. The number of aromatic nitrogens is 2. The highest BCUT2D eigenvalue weighted by Crippen LogP contribution is 2.17. The van der Waals surface area contributed by atoms with Crippen LogP contribution in [0.5, 0.6) is 0 Å². The van der Waals surface area contributed by atoms with Crippen molar-refractivity contribution in [2.24, 2.45) is 5.92 Å². The van der Waals surface area contributed by atoms with Gasteiger partial charge in [-0.15, -0.1) is 0 Å².